The molecule has 2 aliphatic heterocycles. The summed E-state index contributed by atoms with van der Waals surface area (Å²) in [5.41, 5.74) is 4.64. The Balaban J connectivity index is 0.000000223. The van der Waals surface area contributed by atoms with Gasteiger partial charge in [-0.3, -0.25) is 14.7 Å². The molecule has 2 aliphatic rings. The van der Waals surface area contributed by atoms with Gasteiger partial charge in [0, 0.05) is 57.9 Å². The standard InChI is InChI=1S/C14H19N3O.C13H12.C2H6O.C2H6/c18-14(12-3-6-15-7-4-12)17-9-2-1-8-16-10-5-13(16)11-17;1-11-6-5-9-13(10-11)12-7-3-2-4-8-12;1-3-2;1-2/h3-4,6-7,13H,1-2,5,8-11H2;2-10H,1H3;1-2H3;1-2H3. The highest BCUT2D eigenvalue weighted by atomic mass is 16.4. The first-order valence-electron chi connectivity index (χ1n) is 13.1. The summed E-state index contributed by atoms with van der Waals surface area (Å²) in [7, 11) is 3.25. The molecule has 0 N–H and O–H groups in total. The number of carbonyl (C=O) groups excluding carboxylic acids is 1. The van der Waals surface area contributed by atoms with Gasteiger partial charge in [0.05, 0.1) is 0 Å². The van der Waals surface area contributed by atoms with E-state index in [9.17, 15) is 4.79 Å². The highest BCUT2D eigenvalue weighted by Crippen LogP contribution is 2.22. The van der Waals surface area contributed by atoms with E-state index in [0.29, 0.717) is 6.04 Å². The van der Waals surface area contributed by atoms with Crippen molar-refractivity contribution in [2.45, 2.75) is 46.1 Å². The summed E-state index contributed by atoms with van der Waals surface area (Å²) >= 11 is 0. The Hall–Kier alpha value is -3.02. The number of benzene rings is 2. The number of pyridine rings is 1. The van der Waals surface area contributed by atoms with Gasteiger partial charge in [0.1, 0.15) is 0 Å². The van der Waals surface area contributed by atoms with Gasteiger partial charge in [-0.05, 0) is 56.0 Å². The molecule has 2 aromatic carbocycles. The van der Waals surface area contributed by atoms with Gasteiger partial charge in [0.15, 0.2) is 0 Å². The van der Waals surface area contributed by atoms with E-state index in [1.165, 1.54) is 42.6 Å². The molecule has 5 heteroatoms. The van der Waals surface area contributed by atoms with Gasteiger partial charge < -0.3 is 9.64 Å². The van der Waals surface area contributed by atoms with Crippen LogP contribution in [0.15, 0.2) is 79.1 Å². The Bertz CT molecular complexity index is 995. The molecule has 2 fully saturated rings. The fourth-order valence-electron chi connectivity index (χ4n) is 4.28. The van der Waals surface area contributed by atoms with Gasteiger partial charge in [-0.2, -0.15) is 0 Å². The average molecular weight is 490 g/mol. The van der Waals surface area contributed by atoms with Crippen molar-refractivity contribution in [2.24, 2.45) is 0 Å². The van der Waals surface area contributed by atoms with Crippen LogP contribution in [0.3, 0.4) is 0 Å². The summed E-state index contributed by atoms with van der Waals surface area (Å²) in [5, 5.41) is 0. The maximum absolute atomic E-state index is 12.4. The van der Waals surface area contributed by atoms with Gasteiger partial charge >= 0.3 is 0 Å². The fraction of sp³-hybridized carbons (Fsp3) is 0.419. The van der Waals surface area contributed by atoms with E-state index >= 15 is 0 Å². The van der Waals surface area contributed by atoms with E-state index < -0.39 is 0 Å². The maximum atomic E-state index is 12.4. The van der Waals surface area contributed by atoms with Gasteiger partial charge in [0.2, 0.25) is 0 Å². The molecule has 0 saturated carbocycles. The van der Waals surface area contributed by atoms with Crippen LogP contribution in [0.25, 0.3) is 11.1 Å². The molecule has 3 aromatic rings. The number of amides is 1. The summed E-state index contributed by atoms with van der Waals surface area (Å²) in [4.78, 5) is 20.9. The van der Waals surface area contributed by atoms with Crippen LogP contribution in [-0.2, 0) is 4.74 Å². The van der Waals surface area contributed by atoms with Gasteiger partial charge in [-0.15, -0.1) is 0 Å². The van der Waals surface area contributed by atoms with E-state index in [2.05, 4.69) is 70.1 Å². The number of methoxy groups -OCH3 is 1. The summed E-state index contributed by atoms with van der Waals surface area (Å²) < 4.78 is 4.25. The van der Waals surface area contributed by atoms with E-state index in [4.69, 9.17) is 0 Å². The van der Waals surface area contributed by atoms with Crippen molar-refractivity contribution in [3.05, 3.63) is 90.3 Å². The van der Waals surface area contributed by atoms with Crippen LogP contribution < -0.4 is 0 Å². The molecular formula is C31H43N3O2. The average Bonchev–Trinajstić information content (AvgIpc) is 2.91. The van der Waals surface area contributed by atoms with Crippen LogP contribution in [-0.4, -0.2) is 67.1 Å². The maximum Gasteiger partial charge on any atom is 0.254 e. The van der Waals surface area contributed by atoms with Crippen molar-refractivity contribution in [2.75, 3.05) is 40.4 Å². The van der Waals surface area contributed by atoms with Crippen LogP contribution in [0.5, 0.6) is 0 Å². The molecule has 2 saturated heterocycles. The lowest BCUT2D eigenvalue weighted by molar-refractivity contribution is 0.0338. The van der Waals surface area contributed by atoms with E-state index in [1.54, 1.807) is 38.7 Å². The monoisotopic (exact) mass is 489 g/mol. The second-order valence-corrected chi connectivity index (χ2v) is 8.82. The Morgan fingerprint density at radius 3 is 2.11 bits per heavy atom. The topological polar surface area (TPSA) is 45.7 Å². The molecule has 0 bridgehead atoms. The summed E-state index contributed by atoms with van der Waals surface area (Å²) in [6.07, 6.45) is 6.93. The van der Waals surface area contributed by atoms with E-state index in [0.717, 1.165) is 25.1 Å². The molecular weight excluding hydrogens is 446 g/mol. The molecule has 0 aliphatic carbocycles. The van der Waals surface area contributed by atoms with Crippen molar-refractivity contribution in [3.63, 3.8) is 0 Å². The third-order valence-electron chi connectivity index (χ3n) is 6.16. The molecule has 36 heavy (non-hydrogen) atoms. The molecule has 0 radical (unpaired) electrons. The van der Waals surface area contributed by atoms with Gasteiger partial charge in [0.25, 0.3) is 5.91 Å². The van der Waals surface area contributed by atoms with Crippen LogP contribution in [0.4, 0.5) is 0 Å². The number of carbonyl (C=O) groups is 1. The number of aromatic nitrogens is 1. The number of rotatable bonds is 2. The van der Waals surface area contributed by atoms with Crippen molar-refractivity contribution in [3.8, 4) is 11.1 Å². The first-order chi connectivity index (χ1) is 17.6. The SMILES string of the molecule is CC.COC.Cc1cccc(-c2ccccc2)c1.O=C(c1ccncc1)N1CCCCN2CCC2C1. The predicted octanol–water partition coefficient (Wildman–Crippen LogP) is 6.34. The Kier molecular flexibility index (Phi) is 13.5. The number of aryl methyl sites for hydroxylation is 1. The second kappa shape index (κ2) is 16.6. The minimum absolute atomic E-state index is 0.158. The molecule has 1 unspecified atom stereocenters. The number of hydrogen-bond donors (Lipinski definition) is 0. The van der Waals surface area contributed by atoms with Crippen molar-refractivity contribution in [1.29, 1.82) is 0 Å². The predicted molar refractivity (Wildman–Crippen MR) is 150 cm³/mol. The summed E-state index contributed by atoms with van der Waals surface area (Å²) in [6.45, 7) is 10.3. The summed E-state index contributed by atoms with van der Waals surface area (Å²) in [5.74, 6) is 0.158. The third kappa shape index (κ3) is 9.21. The molecule has 1 amide bonds. The molecule has 0 spiro atoms. The third-order valence-corrected chi connectivity index (χ3v) is 6.16. The first kappa shape index (κ1) is 29.2. The van der Waals surface area contributed by atoms with Crippen LogP contribution in [0.1, 0.15) is 49.0 Å². The normalized spacial score (nSPS) is 16.6. The highest BCUT2D eigenvalue weighted by molar-refractivity contribution is 5.94. The molecule has 5 rings (SSSR count). The fourth-order valence-corrected chi connectivity index (χ4v) is 4.28. The van der Waals surface area contributed by atoms with Crippen molar-refractivity contribution >= 4 is 5.91 Å². The Labute approximate surface area is 218 Å². The number of nitrogens with zero attached hydrogens (tertiary/aromatic N) is 3. The van der Waals surface area contributed by atoms with Gasteiger partial charge in [-0.1, -0.05) is 74.0 Å². The lowest BCUT2D eigenvalue weighted by Crippen LogP contribution is -2.56. The Morgan fingerprint density at radius 1 is 0.861 bits per heavy atom. The van der Waals surface area contributed by atoms with E-state index in [1.807, 2.05) is 24.8 Å². The zero-order valence-corrected chi connectivity index (χ0v) is 22.7. The number of hydrogen-bond acceptors (Lipinski definition) is 4. The Morgan fingerprint density at radius 2 is 1.50 bits per heavy atom. The highest BCUT2D eigenvalue weighted by Gasteiger charge is 2.32. The van der Waals surface area contributed by atoms with Crippen LogP contribution >= 0.6 is 0 Å². The lowest BCUT2D eigenvalue weighted by Gasteiger charge is -2.45. The van der Waals surface area contributed by atoms with Crippen LogP contribution in [0.2, 0.25) is 0 Å². The zero-order valence-electron chi connectivity index (χ0n) is 22.7. The molecule has 1 atom stereocenters. The number of fused-ring (bicyclic) bond motifs is 1. The smallest absolute Gasteiger partial charge is 0.254 e. The minimum Gasteiger partial charge on any atom is -0.388 e. The minimum atomic E-state index is 0.158. The van der Waals surface area contributed by atoms with Crippen molar-refractivity contribution in [1.82, 2.24) is 14.8 Å². The quantitative estimate of drug-likeness (QED) is 0.421. The largest absolute Gasteiger partial charge is 0.388 e. The molecule has 1 aromatic heterocycles. The first-order valence-corrected chi connectivity index (χ1v) is 13.1. The van der Waals surface area contributed by atoms with Gasteiger partial charge in [-0.25, -0.2) is 0 Å². The molecule has 5 nitrogen and oxygen atoms in total. The van der Waals surface area contributed by atoms with Crippen LogP contribution in [0, 0.1) is 6.92 Å². The second-order valence-electron chi connectivity index (χ2n) is 8.82. The molecule has 3 heterocycles. The lowest BCUT2D eigenvalue weighted by atomic mass is 9.99. The van der Waals surface area contributed by atoms with Crippen molar-refractivity contribution < 1.29 is 9.53 Å². The zero-order chi connectivity index (χ0) is 26.2. The van der Waals surface area contributed by atoms with E-state index in [-0.39, 0.29) is 5.91 Å². The summed E-state index contributed by atoms with van der Waals surface area (Å²) in [6, 6.07) is 23.2. The number of ether oxygens (including phenoxy) is 1. The molecule has 194 valence electrons.